The van der Waals surface area contributed by atoms with E-state index in [1.165, 1.54) is 19.3 Å². The molecule has 0 amide bonds. The van der Waals surface area contributed by atoms with Gasteiger partial charge in [0.15, 0.2) is 0 Å². The van der Waals surface area contributed by atoms with Gasteiger partial charge < -0.3 is 0 Å². The van der Waals surface area contributed by atoms with Crippen LogP contribution in [0.15, 0.2) is 0 Å². The highest BCUT2D eigenvalue weighted by atomic mass is 16.1. The van der Waals surface area contributed by atoms with Gasteiger partial charge in [0.2, 0.25) is 0 Å². The number of carbonyl (C=O) groups excluding carboxylic acids is 1. The van der Waals surface area contributed by atoms with Crippen molar-refractivity contribution in [2.75, 3.05) is 0 Å². The number of hydrogen-bond acceptors (Lipinski definition) is 1. The van der Waals surface area contributed by atoms with Crippen molar-refractivity contribution in [2.45, 2.75) is 59.3 Å². The Morgan fingerprint density at radius 1 is 1.21 bits per heavy atom. The van der Waals surface area contributed by atoms with Crippen molar-refractivity contribution < 1.29 is 4.79 Å². The summed E-state index contributed by atoms with van der Waals surface area (Å²) in [5, 5.41) is 0. The zero-order chi connectivity index (χ0) is 10.6. The van der Waals surface area contributed by atoms with Crippen LogP contribution < -0.4 is 0 Å². The normalized spacial score (nSPS) is 26.3. The van der Waals surface area contributed by atoms with Crippen molar-refractivity contribution in [3.63, 3.8) is 0 Å². The number of rotatable bonds is 3. The van der Waals surface area contributed by atoms with Crippen LogP contribution >= 0.6 is 0 Å². The van der Waals surface area contributed by atoms with E-state index in [1.807, 2.05) is 0 Å². The Morgan fingerprint density at radius 2 is 1.93 bits per heavy atom. The van der Waals surface area contributed by atoms with Gasteiger partial charge in [0.1, 0.15) is 5.78 Å². The summed E-state index contributed by atoms with van der Waals surface area (Å²) in [6.45, 7) is 6.75. The SMILES string of the molecule is CC(C)CC(C)C1CCCCCC1=O. The van der Waals surface area contributed by atoms with Crippen LogP contribution in [0.25, 0.3) is 0 Å². The molecule has 0 aromatic heterocycles. The van der Waals surface area contributed by atoms with Crippen molar-refractivity contribution in [1.82, 2.24) is 0 Å². The van der Waals surface area contributed by atoms with E-state index in [2.05, 4.69) is 20.8 Å². The van der Waals surface area contributed by atoms with Crippen molar-refractivity contribution in [3.8, 4) is 0 Å². The molecule has 82 valence electrons. The molecule has 1 aliphatic rings. The molecule has 0 saturated heterocycles. The van der Waals surface area contributed by atoms with E-state index in [0.29, 0.717) is 17.6 Å². The maximum absolute atomic E-state index is 11.8. The molecule has 0 aromatic carbocycles. The zero-order valence-corrected chi connectivity index (χ0v) is 9.88. The molecule has 0 spiro atoms. The molecule has 14 heavy (non-hydrogen) atoms. The second-order valence-electron chi connectivity index (χ2n) is 5.28. The van der Waals surface area contributed by atoms with Crippen LogP contribution in [0.4, 0.5) is 0 Å². The molecular formula is C13H24O. The van der Waals surface area contributed by atoms with E-state index in [0.717, 1.165) is 25.2 Å². The fourth-order valence-corrected chi connectivity index (χ4v) is 2.70. The number of carbonyl (C=O) groups is 1. The van der Waals surface area contributed by atoms with E-state index in [4.69, 9.17) is 0 Å². The average Bonchev–Trinajstić information content (AvgIpc) is 2.28. The van der Waals surface area contributed by atoms with Crippen molar-refractivity contribution in [1.29, 1.82) is 0 Å². The van der Waals surface area contributed by atoms with Crippen LogP contribution in [0.3, 0.4) is 0 Å². The standard InChI is InChI=1S/C13H24O/c1-10(2)9-11(3)12-7-5-4-6-8-13(12)14/h10-12H,4-9H2,1-3H3. The average molecular weight is 196 g/mol. The molecule has 1 rings (SSSR count). The molecule has 1 aliphatic carbocycles. The highest BCUT2D eigenvalue weighted by Gasteiger charge is 2.26. The first-order valence-corrected chi connectivity index (χ1v) is 6.14. The lowest BCUT2D eigenvalue weighted by molar-refractivity contribution is -0.124. The molecular weight excluding hydrogens is 172 g/mol. The van der Waals surface area contributed by atoms with Gasteiger partial charge in [-0.1, -0.05) is 33.6 Å². The number of ketones is 1. The van der Waals surface area contributed by atoms with Gasteiger partial charge in [0, 0.05) is 12.3 Å². The quantitative estimate of drug-likeness (QED) is 0.627. The third-order valence-corrected chi connectivity index (χ3v) is 3.38. The maximum atomic E-state index is 11.8. The Kier molecular flexibility index (Phi) is 4.64. The Labute approximate surface area is 88.3 Å². The summed E-state index contributed by atoms with van der Waals surface area (Å²) < 4.78 is 0. The number of Topliss-reactive ketones (excluding diaryl/α,β-unsaturated/α-hetero) is 1. The third-order valence-electron chi connectivity index (χ3n) is 3.38. The first-order valence-electron chi connectivity index (χ1n) is 6.14. The van der Waals surface area contributed by atoms with Crippen LogP contribution in [0.2, 0.25) is 0 Å². The molecule has 0 N–H and O–H groups in total. The van der Waals surface area contributed by atoms with Crippen molar-refractivity contribution in [2.24, 2.45) is 17.8 Å². The van der Waals surface area contributed by atoms with E-state index in [-0.39, 0.29) is 0 Å². The fraction of sp³-hybridized carbons (Fsp3) is 0.923. The summed E-state index contributed by atoms with van der Waals surface area (Å²) in [7, 11) is 0. The van der Waals surface area contributed by atoms with Crippen LogP contribution in [-0.4, -0.2) is 5.78 Å². The van der Waals surface area contributed by atoms with E-state index in [1.54, 1.807) is 0 Å². The largest absolute Gasteiger partial charge is 0.299 e. The summed E-state index contributed by atoms with van der Waals surface area (Å²) in [5.41, 5.74) is 0. The molecule has 0 radical (unpaired) electrons. The molecule has 1 fully saturated rings. The lowest BCUT2D eigenvalue weighted by Crippen LogP contribution is -2.21. The van der Waals surface area contributed by atoms with Gasteiger partial charge in [0.05, 0.1) is 0 Å². The molecule has 0 bridgehead atoms. The van der Waals surface area contributed by atoms with E-state index >= 15 is 0 Å². The first-order chi connectivity index (χ1) is 6.61. The molecule has 2 atom stereocenters. The minimum atomic E-state index is 0.375. The third kappa shape index (κ3) is 3.43. The highest BCUT2D eigenvalue weighted by Crippen LogP contribution is 2.29. The fourth-order valence-electron chi connectivity index (χ4n) is 2.70. The van der Waals surface area contributed by atoms with E-state index < -0.39 is 0 Å². The Morgan fingerprint density at radius 3 is 2.57 bits per heavy atom. The maximum Gasteiger partial charge on any atom is 0.136 e. The van der Waals surface area contributed by atoms with Crippen LogP contribution in [0, 0.1) is 17.8 Å². The second kappa shape index (κ2) is 5.53. The summed E-state index contributed by atoms with van der Waals surface area (Å²) in [5.74, 6) is 2.23. The topological polar surface area (TPSA) is 17.1 Å². The Hall–Kier alpha value is -0.330. The predicted octanol–water partition coefficient (Wildman–Crippen LogP) is 3.82. The van der Waals surface area contributed by atoms with Crippen LogP contribution in [-0.2, 0) is 4.79 Å². The molecule has 2 unspecified atom stereocenters. The second-order valence-corrected chi connectivity index (χ2v) is 5.28. The molecule has 0 aliphatic heterocycles. The van der Waals surface area contributed by atoms with Gasteiger partial charge >= 0.3 is 0 Å². The molecule has 0 heterocycles. The van der Waals surface area contributed by atoms with Gasteiger partial charge in [-0.3, -0.25) is 4.79 Å². The van der Waals surface area contributed by atoms with Crippen LogP contribution in [0.1, 0.15) is 59.3 Å². The minimum Gasteiger partial charge on any atom is -0.299 e. The van der Waals surface area contributed by atoms with Gasteiger partial charge in [-0.05, 0) is 31.1 Å². The molecule has 1 nitrogen and oxygen atoms in total. The van der Waals surface area contributed by atoms with Gasteiger partial charge in [-0.15, -0.1) is 0 Å². The predicted molar refractivity (Wildman–Crippen MR) is 60.2 cm³/mol. The Bertz CT molecular complexity index is 184. The molecule has 1 saturated carbocycles. The smallest absolute Gasteiger partial charge is 0.136 e. The summed E-state index contributed by atoms with van der Waals surface area (Å²) in [6, 6.07) is 0. The Balaban J connectivity index is 2.50. The lowest BCUT2D eigenvalue weighted by Gasteiger charge is -2.22. The van der Waals surface area contributed by atoms with Gasteiger partial charge in [0.25, 0.3) is 0 Å². The summed E-state index contributed by atoms with van der Waals surface area (Å²) in [4.78, 5) is 11.8. The molecule has 1 heteroatoms. The zero-order valence-electron chi connectivity index (χ0n) is 9.88. The number of hydrogen-bond donors (Lipinski definition) is 0. The summed E-state index contributed by atoms with van der Waals surface area (Å²) in [6.07, 6.45) is 6.84. The first kappa shape index (κ1) is 11.7. The highest BCUT2D eigenvalue weighted by molar-refractivity contribution is 5.81. The van der Waals surface area contributed by atoms with Gasteiger partial charge in [-0.25, -0.2) is 0 Å². The van der Waals surface area contributed by atoms with Crippen molar-refractivity contribution >= 4 is 5.78 Å². The lowest BCUT2D eigenvalue weighted by atomic mass is 9.82. The van der Waals surface area contributed by atoms with Gasteiger partial charge in [-0.2, -0.15) is 0 Å². The monoisotopic (exact) mass is 196 g/mol. The van der Waals surface area contributed by atoms with Crippen molar-refractivity contribution in [3.05, 3.63) is 0 Å². The minimum absolute atomic E-state index is 0.375. The van der Waals surface area contributed by atoms with Crippen LogP contribution in [0.5, 0.6) is 0 Å². The molecule has 0 aromatic rings. The van der Waals surface area contributed by atoms with E-state index in [9.17, 15) is 4.79 Å². The summed E-state index contributed by atoms with van der Waals surface area (Å²) >= 11 is 0.